The molecule has 0 aromatic carbocycles. The molecule has 0 spiro atoms. The van der Waals surface area contributed by atoms with E-state index in [-0.39, 0.29) is 17.9 Å². The summed E-state index contributed by atoms with van der Waals surface area (Å²) in [5.41, 5.74) is 2.57. The summed E-state index contributed by atoms with van der Waals surface area (Å²) in [5, 5.41) is 9.88. The average molecular weight is 372 g/mol. The number of hydrogen-bond acceptors (Lipinski definition) is 4. The Morgan fingerprint density at radius 1 is 1.26 bits per heavy atom. The van der Waals surface area contributed by atoms with Crippen LogP contribution in [0.4, 0.5) is 5.82 Å². The molecule has 2 N–H and O–H groups in total. The molecule has 8 heteroatoms. The fraction of sp³-hybridized carbons (Fsp3) is 0.526. The highest BCUT2D eigenvalue weighted by atomic mass is 16.2. The highest BCUT2D eigenvalue weighted by Crippen LogP contribution is 2.31. The second-order valence-electron chi connectivity index (χ2n) is 7.11. The van der Waals surface area contributed by atoms with Crippen molar-refractivity contribution in [2.75, 3.05) is 25.5 Å². The highest BCUT2D eigenvalue weighted by Gasteiger charge is 2.28. The van der Waals surface area contributed by atoms with Gasteiger partial charge in [0, 0.05) is 32.9 Å². The minimum atomic E-state index is -0.101. The van der Waals surface area contributed by atoms with Crippen LogP contribution in [0.1, 0.15) is 47.2 Å². The number of likely N-dealkylation sites (tertiary alicyclic amines) is 1. The summed E-state index contributed by atoms with van der Waals surface area (Å²) in [4.78, 5) is 26.8. The van der Waals surface area contributed by atoms with Gasteiger partial charge >= 0.3 is 0 Å². The van der Waals surface area contributed by atoms with Gasteiger partial charge in [-0.3, -0.25) is 19.2 Å². The van der Waals surface area contributed by atoms with E-state index in [2.05, 4.69) is 20.6 Å². The lowest BCUT2D eigenvalue weighted by atomic mass is 9.99. The maximum Gasteiger partial charge on any atom is 0.267 e. The Bertz CT molecular complexity index is 837. The van der Waals surface area contributed by atoms with Gasteiger partial charge in [0.25, 0.3) is 5.91 Å². The Labute approximate surface area is 159 Å². The van der Waals surface area contributed by atoms with E-state index in [1.807, 2.05) is 43.8 Å². The lowest BCUT2D eigenvalue weighted by molar-refractivity contribution is -0.118. The van der Waals surface area contributed by atoms with Crippen LogP contribution in [0.15, 0.2) is 18.2 Å². The molecule has 0 unspecified atom stereocenters. The molecule has 1 aliphatic rings. The van der Waals surface area contributed by atoms with Crippen LogP contribution in [0.5, 0.6) is 0 Å². The van der Waals surface area contributed by atoms with E-state index in [0.29, 0.717) is 18.1 Å². The number of aryl methyl sites for hydroxylation is 2. The predicted molar refractivity (Wildman–Crippen MR) is 104 cm³/mol. The number of nitrogens with zero attached hydrogens (tertiary/aromatic N) is 4. The molecule has 1 fully saturated rings. The van der Waals surface area contributed by atoms with Gasteiger partial charge in [-0.05, 0) is 38.4 Å². The Morgan fingerprint density at radius 2 is 2.04 bits per heavy atom. The van der Waals surface area contributed by atoms with Crippen LogP contribution in [0.3, 0.4) is 0 Å². The van der Waals surface area contributed by atoms with E-state index >= 15 is 0 Å². The third-order valence-electron chi connectivity index (χ3n) is 5.19. The van der Waals surface area contributed by atoms with E-state index in [9.17, 15) is 9.59 Å². The molecule has 3 heterocycles. The smallest absolute Gasteiger partial charge is 0.267 e. The Morgan fingerprint density at radius 3 is 2.70 bits per heavy atom. The SMILES string of the molecule is CNC(=O)c1ccc([C@H]2CCCCN2CC(=O)Nc2cc(C)nn2C)n1C. The summed E-state index contributed by atoms with van der Waals surface area (Å²) in [6.07, 6.45) is 3.16. The zero-order valence-electron chi connectivity index (χ0n) is 16.5. The summed E-state index contributed by atoms with van der Waals surface area (Å²) >= 11 is 0. The molecule has 8 nitrogen and oxygen atoms in total. The molecular weight excluding hydrogens is 344 g/mol. The second-order valence-corrected chi connectivity index (χ2v) is 7.11. The lowest BCUT2D eigenvalue weighted by Gasteiger charge is -2.35. The van der Waals surface area contributed by atoms with Crippen LogP contribution in [-0.2, 0) is 18.9 Å². The first kappa shape index (κ1) is 19.2. The number of rotatable bonds is 5. The summed E-state index contributed by atoms with van der Waals surface area (Å²) in [6.45, 7) is 3.08. The van der Waals surface area contributed by atoms with E-state index in [4.69, 9.17) is 0 Å². The molecule has 0 bridgehead atoms. The van der Waals surface area contributed by atoms with E-state index < -0.39 is 0 Å². The van der Waals surface area contributed by atoms with Crippen molar-refractivity contribution < 1.29 is 9.59 Å². The van der Waals surface area contributed by atoms with Gasteiger partial charge in [-0.2, -0.15) is 5.10 Å². The van der Waals surface area contributed by atoms with Gasteiger partial charge in [-0.15, -0.1) is 0 Å². The van der Waals surface area contributed by atoms with Crippen molar-refractivity contribution in [3.63, 3.8) is 0 Å². The first-order chi connectivity index (χ1) is 12.9. The highest BCUT2D eigenvalue weighted by molar-refractivity contribution is 5.93. The van der Waals surface area contributed by atoms with Crippen LogP contribution in [0.2, 0.25) is 0 Å². The standard InChI is InChI=1S/C19H28N6O2/c1-13-11-17(24(4)22-13)21-18(26)12-25-10-6-5-7-15(25)14-8-9-16(23(14)3)19(27)20-2/h8-9,11,15H,5-7,10,12H2,1-4H3,(H,20,27)(H,21,26)/t15-/m1/s1. The third-order valence-corrected chi connectivity index (χ3v) is 5.19. The number of carbonyl (C=O) groups is 2. The largest absolute Gasteiger partial charge is 0.354 e. The minimum absolute atomic E-state index is 0.0503. The lowest BCUT2D eigenvalue weighted by Crippen LogP contribution is -2.40. The van der Waals surface area contributed by atoms with Gasteiger partial charge in [0.15, 0.2) is 0 Å². The predicted octanol–water partition coefficient (Wildman–Crippen LogP) is 1.59. The van der Waals surface area contributed by atoms with Crippen molar-refractivity contribution in [2.24, 2.45) is 14.1 Å². The van der Waals surface area contributed by atoms with Gasteiger partial charge < -0.3 is 15.2 Å². The molecule has 1 atom stereocenters. The molecule has 2 amide bonds. The normalized spacial score (nSPS) is 17.7. The van der Waals surface area contributed by atoms with E-state index in [0.717, 1.165) is 37.2 Å². The maximum atomic E-state index is 12.6. The number of hydrogen-bond donors (Lipinski definition) is 2. The van der Waals surface area contributed by atoms with E-state index in [1.54, 1.807) is 11.7 Å². The topological polar surface area (TPSA) is 84.2 Å². The fourth-order valence-electron chi connectivity index (χ4n) is 3.83. The third kappa shape index (κ3) is 4.05. The summed E-state index contributed by atoms with van der Waals surface area (Å²) in [6, 6.07) is 5.83. The fourth-order valence-corrected chi connectivity index (χ4v) is 3.83. The summed E-state index contributed by atoms with van der Waals surface area (Å²) in [5.74, 6) is 0.549. The summed E-state index contributed by atoms with van der Waals surface area (Å²) < 4.78 is 3.61. The van der Waals surface area contributed by atoms with Gasteiger partial charge in [-0.1, -0.05) is 6.42 Å². The molecule has 2 aromatic rings. The first-order valence-corrected chi connectivity index (χ1v) is 9.33. The molecule has 1 saturated heterocycles. The number of amides is 2. The maximum absolute atomic E-state index is 12.6. The van der Waals surface area contributed by atoms with Crippen LogP contribution < -0.4 is 10.6 Å². The van der Waals surface area contributed by atoms with Gasteiger partial charge in [0.1, 0.15) is 11.5 Å². The number of anilines is 1. The quantitative estimate of drug-likeness (QED) is 0.835. The zero-order valence-corrected chi connectivity index (χ0v) is 16.5. The van der Waals surface area contributed by atoms with Gasteiger partial charge in [-0.25, -0.2) is 0 Å². The number of aromatic nitrogens is 3. The van der Waals surface area contributed by atoms with Crippen molar-refractivity contribution in [1.29, 1.82) is 0 Å². The van der Waals surface area contributed by atoms with Crippen LogP contribution in [-0.4, -0.2) is 51.2 Å². The minimum Gasteiger partial charge on any atom is -0.354 e. The number of piperidine rings is 1. The second kappa shape index (κ2) is 7.96. The molecule has 0 radical (unpaired) electrons. The monoisotopic (exact) mass is 372 g/mol. The van der Waals surface area contributed by atoms with Crippen molar-refractivity contribution in [3.8, 4) is 0 Å². The molecule has 0 saturated carbocycles. The molecule has 27 heavy (non-hydrogen) atoms. The average Bonchev–Trinajstić information content (AvgIpc) is 3.16. The molecule has 1 aliphatic heterocycles. The molecule has 3 rings (SSSR count). The van der Waals surface area contributed by atoms with Crippen molar-refractivity contribution in [2.45, 2.75) is 32.2 Å². The van der Waals surface area contributed by atoms with Gasteiger partial charge in [0.2, 0.25) is 5.91 Å². The van der Waals surface area contributed by atoms with Crippen LogP contribution in [0.25, 0.3) is 0 Å². The van der Waals surface area contributed by atoms with Crippen molar-refractivity contribution in [3.05, 3.63) is 35.3 Å². The van der Waals surface area contributed by atoms with Crippen LogP contribution >= 0.6 is 0 Å². The molecule has 146 valence electrons. The van der Waals surface area contributed by atoms with Gasteiger partial charge in [0.05, 0.1) is 18.3 Å². The van der Waals surface area contributed by atoms with Crippen LogP contribution in [0, 0.1) is 6.92 Å². The number of carbonyl (C=O) groups excluding carboxylic acids is 2. The molecule has 0 aliphatic carbocycles. The Kier molecular flexibility index (Phi) is 5.65. The Hall–Kier alpha value is -2.61. The molecule has 2 aromatic heterocycles. The van der Waals surface area contributed by atoms with Crippen molar-refractivity contribution in [1.82, 2.24) is 24.6 Å². The van der Waals surface area contributed by atoms with Crippen molar-refractivity contribution >= 4 is 17.6 Å². The van der Waals surface area contributed by atoms with E-state index in [1.165, 1.54) is 0 Å². The number of nitrogens with one attached hydrogen (secondary N) is 2. The molecular formula is C19H28N6O2. The first-order valence-electron chi connectivity index (χ1n) is 9.33. The zero-order chi connectivity index (χ0) is 19.6. The Balaban J connectivity index is 1.74. The summed E-state index contributed by atoms with van der Waals surface area (Å²) in [7, 11) is 5.36.